The molecule has 4 aromatic rings. The van der Waals surface area contributed by atoms with E-state index >= 15 is 0 Å². The molecule has 0 spiro atoms. The molecule has 1 N–H and O–H groups in total. The van der Waals surface area contributed by atoms with Crippen LogP contribution in [-0.4, -0.2) is 28.8 Å². The van der Waals surface area contributed by atoms with Crippen LogP contribution in [0.5, 0.6) is 0 Å². The van der Waals surface area contributed by atoms with E-state index in [-0.39, 0.29) is 12.4 Å². The van der Waals surface area contributed by atoms with Crippen LogP contribution in [0.2, 0.25) is 0 Å². The third-order valence-corrected chi connectivity index (χ3v) is 6.57. The van der Waals surface area contributed by atoms with Crippen molar-refractivity contribution >= 4 is 26.7 Å². The van der Waals surface area contributed by atoms with Crippen LogP contribution < -0.4 is 9.79 Å². The number of rotatable bonds is 7. The van der Waals surface area contributed by atoms with Crippen molar-refractivity contribution in [2.75, 3.05) is 24.7 Å². The van der Waals surface area contributed by atoms with E-state index in [4.69, 9.17) is 9.25 Å². The van der Waals surface area contributed by atoms with Gasteiger partial charge in [0.2, 0.25) is 10.0 Å². The molecule has 0 aliphatic heterocycles. The number of nitrogens with zero attached hydrogens (tertiary/aromatic N) is 1. The molecule has 0 fully saturated rings. The van der Waals surface area contributed by atoms with Crippen molar-refractivity contribution in [3.8, 4) is 22.5 Å². The van der Waals surface area contributed by atoms with Gasteiger partial charge in [-0.3, -0.25) is 4.31 Å². The van der Waals surface area contributed by atoms with Crippen molar-refractivity contribution in [3.05, 3.63) is 77.9 Å². The highest BCUT2D eigenvalue weighted by Gasteiger charge is 2.23. The van der Waals surface area contributed by atoms with Gasteiger partial charge >= 0.3 is 0 Å². The number of fused-ring (bicyclic) bond motifs is 1. The summed E-state index contributed by atoms with van der Waals surface area (Å²) >= 11 is 0. The molecule has 33 heavy (non-hydrogen) atoms. The molecule has 1 aromatic heterocycles. The number of hydrogen-bond donors (Lipinski definition) is 1. The second-order valence-electron chi connectivity index (χ2n) is 7.55. The third kappa shape index (κ3) is 4.61. The van der Waals surface area contributed by atoms with Crippen LogP contribution in [0, 0.1) is 11.6 Å². The summed E-state index contributed by atoms with van der Waals surface area (Å²) in [5.74, 6) is -0.336. The molecule has 0 atom stereocenters. The topological polar surface area (TPSA) is 71.8 Å². The van der Waals surface area contributed by atoms with Crippen molar-refractivity contribution in [3.63, 3.8) is 0 Å². The summed E-state index contributed by atoms with van der Waals surface area (Å²) in [4.78, 5) is 5.02. The molecule has 0 unspecified atom stereocenters. The minimum Gasteiger partial charge on any atom is -0.456 e. The first-order valence-corrected chi connectivity index (χ1v) is 11.8. The van der Waals surface area contributed by atoms with Crippen molar-refractivity contribution in [1.82, 2.24) is 5.48 Å². The standard InChI is InChI=1S/C24H22F2N2O4S/c1-28(33(3,29)30)22-13-23-20(12-19(22)16-5-4-6-18(26)11-16)21(14-27-31-2)24(32-23)15-7-9-17(25)10-8-15/h4-13,27H,14H2,1-3H3. The van der Waals surface area contributed by atoms with Gasteiger partial charge in [-0.05, 0) is 48.0 Å². The normalized spacial score (nSPS) is 11.8. The highest BCUT2D eigenvalue weighted by Crippen LogP contribution is 2.41. The maximum absolute atomic E-state index is 14.0. The average Bonchev–Trinajstić information content (AvgIpc) is 3.13. The first-order valence-electron chi connectivity index (χ1n) is 10.00. The molecule has 0 aliphatic rings. The number of nitrogens with one attached hydrogen (secondary N) is 1. The van der Waals surface area contributed by atoms with E-state index < -0.39 is 15.8 Å². The molecule has 1 heterocycles. The van der Waals surface area contributed by atoms with Crippen LogP contribution in [-0.2, 0) is 21.4 Å². The molecule has 0 amide bonds. The van der Waals surface area contributed by atoms with Gasteiger partial charge in [0.25, 0.3) is 0 Å². The molecule has 4 rings (SSSR count). The van der Waals surface area contributed by atoms with Crippen LogP contribution in [0.1, 0.15) is 5.56 Å². The van der Waals surface area contributed by atoms with E-state index in [1.807, 2.05) is 0 Å². The number of hydrogen-bond acceptors (Lipinski definition) is 5. The van der Waals surface area contributed by atoms with Crippen LogP contribution in [0.3, 0.4) is 0 Å². The summed E-state index contributed by atoms with van der Waals surface area (Å²) < 4.78 is 59.5. The fraction of sp³-hybridized carbons (Fsp3) is 0.167. The lowest BCUT2D eigenvalue weighted by molar-refractivity contribution is 0.0869. The second-order valence-corrected chi connectivity index (χ2v) is 9.56. The van der Waals surface area contributed by atoms with Gasteiger partial charge in [0.05, 0.1) is 25.6 Å². The molecule has 0 saturated carbocycles. The maximum atomic E-state index is 14.0. The van der Waals surface area contributed by atoms with Gasteiger partial charge < -0.3 is 9.25 Å². The molecule has 172 valence electrons. The Morgan fingerprint density at radius 2 is 1.73 bits per heavy atom. The fourth-order valence-electron chi connectivity index (χ4n) is 3.66. The summed E-state index contributed by atoms with van der Waals surface area (Å²) in [6, 6.07) is 15.2. The Morgan fingerprint density at radius 3 is 2.36 bits per heavy atom. The summed E-state index contributed by atoms with van der Waals surface area (Å²) in [5.41, 5.74) is 5.95. The van der Waals surface area contributed by atoms with Gasteiger partial charge in [0.15, 0.2) is 0 Å². The number of hydroxylamine groups is 1. The summed E-state index contributed by atoms with van der Waals surface area (Å²) in [7, 11) is -0.705. The minimum atomic E-state index is -3.62. The monoisotopic (exact) mass is 472 g/mol. The molecule has 0 radical (unpaired) electrons. The van der Waals surface area contributed by atoms with Crippen LogP contribution in [0.15, 0.2) is 65.1 Å². The highest BCUT2D eigenvalue weighted by atomic mass is 32.2. The largest absolute Gasteiger partial charge is 0.456 e. The molecule has 0 saturated heterocycles. The van der Waals surface area contributed by atoms with E-state index in [1.165, 1.54) is 38.4 Å². The van der Waals surface area contributed by atoms with Crippen LogP contribution >= 0.6 is 0 Å². The van der Waals surface area contributed by atoms with E-state index in [0.717, 1.165) is 16.1 Å². The van der Waals surface area contributed by atoms with E-state index in [0.29, 0.717) is 39.1 Å². The summed E-state index contributed by atoms with van der Waals surface area (Å²) in [5, 5.41) is 0.684. The van der Waals surface area contributed by atoms with Gasteiger partial charge in [-0.2, -0.15) is 5.48 Å². The zero-order chi connectivity index (χ0) is 23.8. The Hall–Kier alpha value is -3.27. The Balaban J connectivity index is 2.03. The predicted octanol–water partition coefficient (Wildman–Crippen LogP) is 5.09. The summed E-state index contributed by atoms with van der Waals surface area (Å²) in [6.45, 7) is 0.264. The van der Waals surface area contributed by atoms with E-state index in [9.17, 15) is 17.2 Å². The van der Waals surface area contributed by atoms with Crippen LogP contribution in [0.4, 0.5) is 14.5 Å². The first-order chi connectivity index (χ1) is 15.7. The number of sulfonamides is 1. The van der Waals surface area contributed by atoms with Crippen molar-refractivity contribution < 1.29 is 26.5 Å². The lowest BCUT2D eigenvalue weighted by Crippen LogP contribution is -2.25. The van der Waals surface area contributed by atoms with Crippen molar-refractivity contribution in [1.29, 1.82) is 0 Å². The molecule has 0 bridgehead atoms. The molecule has 3 aromatic carbocycles. The van der Waals surface area contributed by atoms with Gasteiger partial charge in [0, 0.05) is 35.2 Å². The lowest BCUT2D eigenvalue weighted by Gasteiger charge is -2.20. The lowest BCUT2D eigenvalue weighted by atomic mass is 9.98. The van der Waals surface area contributed by atoms with E-state index in [1.54, 1.807) is 36.4 Å². The second kappa shape index (κ2) is 8.93. The van der Waals surface area contributed by atoms with Crippen LogP contribution in [0.25, 0.3) is 33.4 Å². The highest BCUT2D eigenvalue weighted by molar-refractivity contribution is 7.92. The molecular formula is C24H22F2N2O4S. The predicted molar refractivity (Wildman–Crippen MR) is 124 cm³/mol. The van der Waals surface area contributed by atoms with Gasteiger partial charge in [-0.25, -0.2) is 17.2 Å². The minimum absolute atomic E-state index is 0.264. The van der Waals surface area contributed by atoms with Gasteiger partial charge in [0.1, 0.15) is 23.0 Å². The Morgan fingerprint density at radius 1 is 1.00 bits per heavy atom. The summed E-state index contributed by atoms with van der Waals surface area (Å²) in [6.07, 6.45) is 1.09. The molecule has 6 nitrogen and oxygen atoms in total. The number of anilines is 1. The number of furan rings is 1. The quantitative estimate of drug-likeness (QED) is 0.379. The average molecular weight is 473 g/mol. The fourth-order valence-corrected chi connectivity index (χ4v) is 4.17. The molecule has 9 heteroatoms. The Labute approximate surface area is 190 Å². The van der Waals surface area contributed by atoms with E-state index in [2.05, 4.69) is 5.48 Å². The Kier molecular flexibility index (Phi) is 6.20. The number of halogens is 2. The van der Waals surface area contributed by atoms with Crippen molar-refractivity contribution in [2.45, 2.75) is 6.54 Å². The Bertz CT molecular complexity index is 1420. The third-order valence-electron chi connectivity index (χ3n) is 5.38. The van der Waals surface area contributed by atoms with Crippen molar-refractivity contribution in [2.24, 2.45) is 0 Å². The zero-order valence-electron chi connectivity index (χ0n) is 18.2. The SMILES string of the molecule is CONCc1c(-c2ccc(F)cc2)oc2cc(N(C)S(C)(=O)=O)c(-c3cccc(F)c3)cc12. The van der Waals surface area contributed by atoms with Gasteiger partial charge in [-0.15, -0.1) is 0 Å². The molecule has 0 aliphatic carbocycles. The molecular weight excluding hydrogens is 450 g/mol. The smallest absolute Gasteiger partial charge is 0.232 e. The first kappa shape index (κ1) is 22.9. The van der Waals surface area contributed by atoms with Gasteiger partial charge in [-0.1, -0.05) is 12.1 Å². The maximum Gasteiger partial charge on any atom is 0.232 e. The number of benzene rings is 3. The zero-order valence-corrected chi connectivity index (χ0v) is 19.0.